The van der Waals surface area contributed by atoms with E-state index in [-0.39, 0.29) is 16.5 Å². The van der Waals surface area contributed by atoms with E-state index in [4.69, 9.17) is 0 Å². The van der Waals surface area contributed by atoms with Gasteiger partial charge in [0.15, 0.2) is 5.54 Å². The molecule has 224 valence electrons. The Labute approximate surface area is 244 Å². The van der Waals surface area contributed by atoms with Crippen LogP contribution in [0.3, 0.4) is 0 Å². The summed E-state index contributed by atoms with van der Waals surface area (Å²) in [6.07, 6.45) is 4.79. The van der Waals surface area contributed by atoms with Crippen molar-refractivity contribution in [3.63, 3.8) is 0 Å². The summed E-state index contributed by atoms with van der Waals surface area (Å²) in [5.74, 6) is -2.28. The van der Waals surface area contributed by atoms with Crippen LogP contribution in [-0.4, -0.2) is 66.6 Å². The Morgan fingerprint density at radius 2 is 1.67 bits per heavy atom. The number of benzene rings is 2. The van der Waals surface area contributed by atoms with Crippen molar-refractivity contribution in [1.82, 2.24) is 20.0 Å². The number of anilines is 2. The molecule has 1 amide bonds. The fraction of sp³-hybridized carbons (Fsp3) is 0.379. The van der Waals surface area contributed by atoms with Gasteiger partial charge in [0.05, 0.1) is 4.90 Å². The zero-order valence-corrected chi connectivity index (χ0v) is 24.5. The summed E-state index contributed by atoms with van der Waals surface area (Å²) in [6, 6.07) is 13.2. The number of rotatable bonds is 10. The van der Waals surface area contributed by atoms with Crippen LogP contribution < -0.4 is 20.3 Å². The zero-order valence-electron chi connectivity index (χ0n) is 23.7. The Balaban J connectivity index is 1.49. The van der Waals surface area contributed by atoms with Crippen LogP contribution in [0.4, 0.5) is 16.0 Å². The Morgan fingerprint density at radius 1 is 1.02 bits per heavy atom. The fourth-order valence-electron chi connectivity index (χ4n) is 4.82. The first-order chi connectivity index (χ1) is 19.8. The molecule has 1 aliphatic heterocycles. The standard InChI is InChI=1S/C29H35FN6O5S/c1-28(2,3)29(26(38)39,35-42(40,41)24-8-5-4-6-9-24)19-33-25(37)20-16-21(30)18-23(17-20)36-14-10-22(11-15-36)34-27-31-12-7-13-32-27/h4-9,12-13,16-18,22,35H,10-11,14-15,19H2,1-3H3,(H,33,37)(H,38,39)(H,31,32,34)/t29-/m0/s1. The number of amides is 1. The van der Waals surface area contributed by atoms with Crippen molar-refractivity contribution in [2.45, 2.75) is 50.1 Å². The van der Waals surface area contributed by atoms with Gasteiger partial charge in [-0.15, -0.1) is 0 Å². The highest BCUT2D eigenvalue weighted by molar-refractivity contribution is 7.89. The van der Waals surface area contributed by atoms with Gasteiger partial charge in [0.2, 0.25) is 16.0 Å². The number of nitrogens with one attached hydrogen (secondary N) is 3. The molecule has 1 aromatic heterocycles. The van der Waals surface area contributed by atoms with Crippen LogP contribution in [0.5, 0.6) is 0 Å². The van der Waals surface area contributed by atoms with Gasteiger partial charge in [-0.1, -0.05) is 39.0 Å². The SMILES string of the molecule is CC(C)(C)[C@@](CNC(=O)c1cc(F)cc(N2CCC(Nc3ncccn3)CC2)c1)(NS(=O)(=O)c1ccccc1)C(=O)O. The number of hydrogen-bond donors (Lipinski definition) is 4. The second-order valence-corrected chi connectivity index (χ2v) is 12.9. The van der Waals surface area contributed by atoms with Crippen molar-refractivity contribution in [2.24, 2.45) is 5.41 Å². The number of aliphatic carboxylic acids is 1. The van der Waals surface area contributed by atoms with E-state index in [1.54, 1.807) is 51.4 Å². The fourth-order valence-corrected chi connectivity index (χ4v) is 6.38. The van der Waals surface area contributed by atoms with Gasteiger partial charge >= 0.3 is 5.97 Å². The molecule has 2 heterocycles. The molecule has 1 aliphatic rings. The molecule has 3 aromatic rings. The maximum absolute atomic E-state index is 14.7. The summed E-state index contributed by atoms with van der Waals surface area (Å²) < 4.78 is 43.3. The number of hydrogen-bond acceptors (Lipinski definition) is 8. The molecule has 0 saturated carbocycles. The molecule has 4 N–H and O–H groups in total. The molecular weight excluding hydrogens is 563 g/mol. The first-order valence-corrected chi connectivity index (χ1v) is 15.0. The Morgan fingerprint density at radius 3 is 2.26 bits per heavy atom. The van der Waals surface area contributed by atoms with Crippen molar-refractivity contribution in [2.75, 3.05) is 29.9 Å². The highest BCUT2D eigenvalue weighted by Crippen LogP contribution is 2.32. The molecule has 0 bridgehead atoms. The summed E-state index contributed by atoms with van der Waals surface area (Å²) >= 11 is 0. The lowest BCUT2D eigenvalue weighted by atomic mass is 9.74. The molecule has 2 aromatic carbocycles. The Kier molecular flexibility index (Phi) is 9.12. The van der Waals surface area contributed by atoms with E-state index in [9.17, 15) is 27.5 Å². The number of nitrogens with zero attached hydrogens (tertiary/aromatic N) is 3. The predicted molar refractivity (Wildman–Crippen MR) is 156 cm³/mol. The normalized spacial score (nSPS) is 16.0. The second kappa shape index (κ2) is 12.4. The van der Waals surface area contributed by atoms with Crippen LogP contribution in [-0.2, 0) is 14.8 Å². The molecule has 0 radical (unpaired) electrons. The number of aromatic nitrogens is 2. The topological polar surface area (TPSA) is 154 Å². The van der Waals surface area contributed by atoms with Crippen LogP contribution in [0.1, 0.15) is 44.0 Å². The second-order valence-electron chi connectivity index (χ2n) is 11.2. The lowest BCUT2D eigenvalue weighted by molar-refractivity contribution is -0.148. The number of carboxylic acid groups (broad SMARTS) is 1. The number of halogens is 1. The Hall–Kier alpha value is -4.10. The minimum atomic E-state index is -4.27. The average Bonchev–Trinajstić information content (AvgIpc) is 2.95. The van der Waals surface area contributed by atoms with E-state index in [1.165, 1.54) is 30.3 Å². The third-order valence-corrected chi connectivity index (χ3v) is 8.94. The van der Waals surface area contributed by atoms with Gasteiger partial charge < -0.3 is 20.6 Å². The van der Waals surface area contributed by atoms with Crippen LogP contribution in [0.15, 0.2) is 71.9 Å². The third kappa shape index (κ3) is 7.02. The molecular formula is C29H35FN6O5S. The highest BCUT2D eigenvalue weighted by Gasteiger charge is 2.52. The van der Waals surface area contributed by atoms with Crippen molar-refractivity contribution in [1.29, 1.82) is 0 Å². The first kappa shape index (κ1) is 30.8. The monoisotopic (exact) mass is 598 g/mol. The maximum Gasteiger partial charge on any atom is 0.327 e. The van der Waals surface area contributed by atoms with E-state index in [0.717, 1.165) is 18.9 Å². The first-order valence-electron chi connectivity index (χ1n) is 13.5. The number of carbonyl (C=O) groups is 2. The Bertz CT molecular complexity index is 1510. The molecule has 1 fully saturated rings. The third-order valence-electron chi connectivity index (χ3n) is 7.43. The predicted octanol–water partition coefficient (Wildman–Crippen LogP) is 3.27. The van der Waals surface area contributed by atoms with E-state index in [1.807, 2.05) is 4.90 Å². The molecule has 0 aliphatic carbocycles. The summed E-state index contributed by atoms with van der Waals surface area (Å²) in [6.45, 7) is 5.29. The van der Waals surface area contributed by atoms with Crippen LogP contribution in [0.25, 0.3) is 0 Å². The van der Waals surface area contributed by atoms with Crippen LogP contribution >= 0.6 is 0 Å². The van der Waals surface area contributed by atoms with E-state index >= 15 is 0 Å². The zero-order chi connectivity index (χ0) is 30.5. The molecule has 0 spiro atoms. The lowest BCUT2D eigenvalue weighted by Gasteiger charge is -2.41. The van der Waals surface area contributed by atoms with Gasteiger partial charge in [-0.05, 0) is 54.7 Å². The summed E-state index contributed by atoms with van der Waals surface area (Å²) in [4.78, 5) is 36.1. The van der Waals surface area contributed by atoms with Crippen LogP contribution in [0.2, 0.25) is 0 Å². The molecule has 0 unspecified atom stereocenters. The smallest absolute Gasteiger partial charge is 0.327 e. The van der Waals surface area contributed by atoms with Gasteiger partial charge in [0, 0.05) is 49.3 Å². The average molecular weight is 599 g/mol. The molecule has 13 heteroatoms. The highest BCUT2D eigenvalue weighted by atomic mass is 32.2. The number of sulfonamides is 1. The van der Waals surface area contributed by atoms with Crippen LogP contribution in [0, 0.1) is 11.2 Å². The van der Waals surface area contributed by atoms with E-state index in [2.05, 4.69) is 25.3 Å². The number of carbonyl (C=O) groups excluding carboxylic acids is 1. The van der Waals surface area contributed by atoms with Gasteiger partial charge in [0.1, 0.15) is 5.82 Å². The van der Waals surface area contributed by atoms with Gasteiger partial charge in [-0.3, -0.25) is 9.59 Å². The number of piperidine rings is 1. The molecule has 1 saturated heterocycles. The molecule has 42 heavy (non-hydrogen) atoms. The van der Waals surface area contributed by atoms with E-state index in [0.29, 0.717) is 24.7 Å². The molecule has 4 rings (SSSR count). The summed E-state index contributed by atoms with van der Waals surface area (Å²) in [5, 5.41) is 16.1. The summed E-state index contributed by atoms with van der Waals surface area (Å²) in [7, 11) is -4.27. The maximum atomic E-state index is 14.7. The molecule has 1 atom stereocenters. The quantitative estimate of drug-likeness (QED) is 0.275. The molecule has 11 nitrogen and oxygen atoms in total. The van der Waals surface area contributed by atoms with Gasteiger partial charge in [-0.25, -0.2) is 22.8 Å². The van der Waals surface area contributed by atoms with Crippen molar-refractivity contribution >= 4 is 33.5 Å². The van der Waals surface area contributed by atoms with E-state index < -0.39 is 45.2 Å². The largest absolute Gasteiger partial charge is 0.480 e. The van der Waals surface area contributed by atoms with Gasteiger partial charge in [-0.2, -0.15) is 4.72 Å². The number of carboxylic acids is 1. The summed E-state index contributed by atoms with van der Waals surface area (Å²) in [5.41, 5.74) is -2.79. The van der Waals surface area contributed by atoms with Crippen molar-refractivity contribution in [3.05, 3.63) is 78.4 Å². The van der Waals surface area contributed by atoms with Crippen molar-refractivity contribution < 1.29 is 27.5 Å². The minimum Gasteiger partial charge on any atom is -0.480 e. The van der Waals surface area contributed by atoms with Crippen molar-refractivity contribution in [3.8, 4) is 0 Å². The lowest BCUT2D eigenvalue weighted by Crippen LogP contribution is -2.67. The minimum absolute atomic E-state index is 0.0120. The van der Waals surface area contributed by atoms with Gasteiger partial charge in [0.25, 0.3) is 5.91 Å².